The van der Waals surface area contributed by atoms with Gasteiger partial charge >= 0.3 is 5.97 Å². The fourth-order valence-corrected chi connectivity index (χ4v) is 1.69. The first kappa shape index (κ1) is 18.4. The van der Waals surface area contributed by atoms with E-state index in [-0.39, 0.29) is 17.4 Å². The van der Waals surface area contributed by atoms with E-state index in [2.05, 4.69) is 6.58 Å². The molecule has 0 aliphatic rings. The number of aliphatic carboxylic acids is 1. The highest BCUT2D eigenvalue weighted by Crippen LogP contribution is 2.23. The molecule has 1 aromatic carbocycles. The zero-order valence-electron chi connectivity index (χ0n) is 13.8. The summed E-state index contributed by atoms with van der Waals surface area (Å²) in [6, 6.07) is 7.13. The van der Waals surface area contributed by atoms with Crippen LogP contribution >= 0.6 is 0 Å². The SMILES string of the molecule is C=C(/C=C(OC)\C(=C/C)Oc1ccc(OC(C)C)cc1)C(=O)O. The number of hydrogen-bond acceptors (Lipinski definition) is 4. The lowest BCUT2D eigenvalue weighted by atomic mass is 10.2. The van der Waals surface area contributed by atoms with Crippen LogP contribution in [0.25, 0.3) is 0 Å². The number of rotatable bonds is 8. The molecule has 0 aliphatic heterocycles. The monoisotopic (exact) mass is 318 g/mol. The summed E-state index contributed by atoms with van der Waals surface area (Å²) in [6.07, 6.45) is 3.09. The van der Waals surface area contributed by atoms with Crippen LogP contribution in [0.15, 0.2) is 60.1 Å². The Labute approximate surface area is 136 Å². The highest BCUT2D eigenvalue weighted by molar-refractivity contribution is 5.89. The molecule has 5 heteroatoms. The summed E-state index contributed by atoms with van der Waals surface area (Å²) in [6.45, 7) is 9.12. The van der Waals surface area contributed by atoms with Gasteiger partial charge in [-0.1, -0.05) is 6.58 Å². The smallest absolute Gasteiger partial charge is 0.335 e. The van der Waals surface area contributed by atoms with Crippen molar-refractivity contribution in [1.82, 2.24) is 0 Å². The Hall–Kier alpha value is -2.69. The van der Waals surface area contributed by atoms with Crippen molar-refractivity contribution in [3.05, 3.63) is 60.1 Å². The minimum absolute atomic E-state index is 0.0921. The molecule has 0 heterocycles. The zero-order chi connectivity index (χ0) is 17.4. The molecule has 124 valence electrons. The molecule has 0 saturated carbocycles. The Morgan fingerprint density at radius 3 is 2.17 bits per heavy atom. The van der Waals surface area contributed by atoms with Gasteiger partial charge in [0.1, 0.15) is 11.5 Å². The maximum absolute atomic E-state index is 10.9. The van der Waals surface area contributed by atoms with E-state index in [1.807, 2.05) is 13.8 Å². The van der Waals surface area contributed by atoms with E-state index in [0.29, 0.717) is 11.5 Å². The molecule has 0 bridgehead atoms. The quantitative estimate of drug-likeness (QED) is 0.447. The number of methoxy groups -OCH3 is 1. The third-order valence-electron chi connectivity index (χ3n) is 2.73. The molecule has 0 spiro atoms. The van der Waals surface area contributed by atoms with Crippen LogP contribution in [0.2, 0.25) is 0 Å². The van der Waals surface area contributed by atoms with Crippen molar-refractivity contribution in [2.24, 2.45) is 0 Å². The van der Waals surface area contributed by atoms with Crippen LogP contribution < -0.4 is 9.47 Å². The Morgan fingerprint density at radius 1 is 1.17 bits per heavy atom. The molecule has 23 heavy (non-hydrogen) atoms. The van der Waals surface area contributed by atoms with Gasteiger partial charge in [0.05, 0.1) is 18.8 Å². The lowest BCUT2D eigenvalue weighted by Crippen LogP contribution is -2.06. The number of hydrogen-bond donors (Lipinski definition) is 1. The number of allylic oxidation sites excluding steroid dienone is 1. The molecular formula is C18H22O5. The first-order chi connectivity index (χ1) is 10.9. The van der Waals surface area contributed by atoms with E-state index >= 15 is 0 Å². The lowest BCUT2D eigenvalue weighted by molar-refractivity contribution is -0.132. The minimum Gasteiger partial charge on any atom is -0.493 e. The average Bonchev–Trinajstić information content (AvgIpc) is 2.51. The van der Waals surface area contributed by atoms with E-state index in [1.165, 1.54) is 13.2 Å². The van der Waals surface area contributed by atoms with Crippen LogP contribution in [0.5, 0.6) is 11.5 Å². The Bertz CT molecular complexity index is 609. The molecule has 0 atom stereocenters. The molecule has 1 rings (SSSR count). The third kappa shape index (κ3) is 5.90. The molecule has 0 aromatic heterocycles. The second-order valence-electron chi connectivity index (χ2n) is 4.94. The fraction of sp³-hybridized carbons (Fsp3) is 0.278. The Balaban J connectivity index is 2.90. The van der Waals surface area contributed by atoms with E-state index in [9.17, 15) is 4.79 Å². The van der Waals surface area contributed by atoms with Crippen LogP contribution in [0.4, 0.5) is 0 Å². The van der Waals surface area contributed by atoms with Gasteiger partial charge in [0, 0.05) is 0 Å². The molecule has 0 amide bonds. The normalized spacial score (nSPS) is 12.0. The van der Waals surface area contributed by atoms with Crippen molar-refractivity contribution in [2.75, 3.05) is 7.11 Å². The zero-order valence-corrected chi connectivity index (χ0v) is 13.8. The van der Waals surface area contributed by atoms with Crippen LogP contribution in [-0.4, -0.2) is 24.3 Å². The van der Waals surface area contributed by atoms with E-state index in [0.717, 1.165) is 5.75 Å². The molecule has 0 aliphatic carbocycles. The van der Waals surface area contributed by atoms with Gasteiger partial charge in [0.25, 0.3) is 0 Å². The first-order valence-electron chi connectivity index (χ1n) is 7.16. The average molecular weight is 318 g/mol. The van der Waals surface area contributed by atoms with Crippen molar-refractivity contribution in [3.63, 3.8) is 0 Å². The van der Waals surface area contributed by atoms with Gasteiger partial charge in [0.2, 0.25) is 0 Å². The van der Waals surface area contributed by atoms with Crippen molar-refractivity contribution < 1.29 is 24.1 Å². The van der Waals surface area contributed by atoms with Gasteiger partial charge < -0.3 is 19.3 Å². The number of benzene rings is 1. The van der Waals surface area contributed by atoms with Crippen molar-refractivity contribution >= 4 is 5.97 Å². The van der Waals surface area contributed by atoms with E-state index in [4.69, 9.17) is 19.3 Å². The van der Waals surface area contributed by atoms with Crippen molar-refractivity contribution in [1.29, 1.82) is 0 Å². The standard InChI is InChI=1S/C18H22O5/c1-6-16(17(21-5)11-13(4)18(19)20)23-15-9-7-14(8-10-15)22-12(2)3/h6-12H,4H2,1-3,5H3,(H,19,20)/b16-6+,17-11+. The Morgan fingerprint density at radius 2 is 1.74 bits per heavy atom. The summed E-state index contributed by atoms with van der Waals surface area (Å²) < 4.78 is 16.5. The van der Waals surface area contributed by atoms with Crippen LogP contribution in [0, 0.1) is 0 Å². The second-order valence-corrected chi connectivity index (χ2v) is 4.94. The van der Waals surface area contributed by atoms with Gasteiger partial charge in [-0.3, -0.25) is 0 Å². The number of ether oxygens (including phenoxy) is 3. The predicted octanol–water partition coefficient (Wildman–Crippen LogP) is 3.93. The van der Waals surface area contributed by atoms with Gasteiger partial charge in [-0.05, 0) is 57.2 Å². The van der Waals surface area contributed by atoms with Gasteiger partial charge in [-0.15, -0.1) is 0 Å². The summed E-state index contributed by atoms with van der Waals surface area (Å²) in [5.41, 5.74) is -0.0921. The van der Waals surface area contributed by atoms with Crippen molar-refractivity contribution in [2.45, 2.75) is 26.9 Å². The predicted molar refractivity (Wildman–Crippen MR) is 88.5 cm³/mol. The minimum atomic E-state index is -1.12. The summed E-state index contributed by atoms with van der Waals surface area (Å²) in [7, 11) is 1.44. The van der Waals surface area contributed by atoms with Crippen LogP contribution in [0.1, 0.15) is 20.8 Å². The number of carboxylic acids is 1. The van der Waals surface area contributed by atoms with Gasteiger partial charge in [-0.2, -0.15) is 0 Å². The van der Waals surface area contributed by atoms with Gasteiger partial charge in [-0.25, -0.2) is 4.79 Å². The first-order valence-corrected chi connectivity index (χ1v) is 7.16. The topological polar surface area (TPSA) is 65.0 Å². The summed E-state index contributed by atoms with van der Waals surface area (Å²) in [5.74, 6) is 0.884. The molecule has 1 aromatic rings. The van der Waals surface area contributed by atoms with Crippen LogP contribution in [0.3, 0.4) is 0 Å². The van der Waals surface area contributed by atoms with E-state index < -0.39 is 5.97 Å². The molecule has 0 saturated heterocycles. The summed E-state index contributed by atoms with van der Waals surface area (Å²) in [5, 5.41) is 8.90. The highest BCUT2D eigenvalue weighted by atomic mass is 16.5. The maximum Gasteiger partial charge on any atom is 0.335 e. The second kappa shape index (κ2) is 8.68. The molecule has 1 N–H and O–H groups in total. The number of carboxylic acid groups (broad SMARTS) is 1. The van der Waals surface area contributed by atoms with Crippen molar-refractivity contribution in [3.8, 4) is 11.5 Å². The maximum atomic E-state index is 10.9. The summed E-state index contributed by atoms with van der Waals surface area (Å²) in [4.78, 5) is 10.9. The Kier molecular flexibility index (Phi) is 6.93. The molecule has 0 radical (unpaired) electrons. The molecule has 5 nitrogen and oxygen atoms in total. The lowest BCUT2D eigenvalue weighted by Gasteiger charge is -2.14. The largest absolute Gasteiger partial charge is 0.493 e. The fourth-order valence-electron chi connectivity index (χ4n) is 1.69. The van der Waals surface area contributed by atoms with E-state index in [1.54, 1.807) is 37.3 Å². The highest BCUT2D eigenvalue weighted by Gasteiger charge is 2.11. The molecule has 0 fully saturated rings. The summed E-state index contributed by atoms with van der Waals surface area (Å²) >= 11 is 0. The van der Waals surface area contributed by atoms with Gasteiger partial charge in [0.15, 0.2) is 11.5 Å². The van der Waals surface area contributed by atoms with Crippen LogP contribution in [-0.2, 0) is 9.53 Å². The molecule has 0 unspecified atom stereocenters. The molecular weight excluding hydrogens is 296 g/mol. The number of carbonyl (C=O) groups is 1. The third-order valence-corrected chi connectivity index (χ3v) is 2.73.